The van der Waals surface area contributed by atoms with Crippen LogP contribution in [0.15, 0.2) is 16.7 Å². The number of hydrogen-bond donors (Lipinski definition) is 2. The molecular weight excluding hydrogens is 242 g/mol. The van der Waals surface area contributed by atoms with Crippen molar-refractivity contribution in [3.8, 4) is 0 Å². The van der Waals surface area contributed by atoms with Crippen LogP contribution in [-0.2, 0) is 6.42 Å². The molecule has 0 radical (unpaired) electrons. The lowest BCUT2D eigenvalue weighted by Crippen LogP contribution is -2.09. The first-order chi connectivity index (χ1) is 8.56. The van der Waals surface area contributed by atoms with Crippen molar-refractivity contribution in [2.45, 2.75) is 13.3 Å². The van der Waals surface area contributed by atoms with Gasteiger partial charge in [-0.15, -0.1) is 0 Å². The summed E-state index contributed by atoms with van der Waals surface area (Å²) < 4.78 is 31.7. The molecule has 1 heterocycles. The van der Waals surface area contributed by atoms with E-state index in [0.717, 1.165) is 12.1 Å². The third kappa shape index (κ3) is 2.73. The number of halogens is 2. The second-order valence-corrected chi connectivity index (χ2v) is 3.77. The van der Waals surface area contributed by atoms with Gasteiger partial charge in [0.1, 0.15) is 5.69 Å². The highest BCUT2D eigenvalue weighted by atomic mass is 19.1. The Morgan fingerprint density at radius 2 is 2.00 bits per heavy atom. The lowest BCUT2D eigenvalue weighted by atomic mass is 10.2. The van der Waals surface area contributed by atoms with Gasteiger partial charge in [-0.25, -0.2) is 8.78 Å². The number of aryl methyl sites for hydroxylation is 1. The van der Waals surface area contributed by atoms with Gasteiger partial charge in [0.15, 0.2) is 17.5 Å². The minimum atomic E-state index is -0.728. The van der Waals surface area contributed by atoms with Gasteiger partial charge in [0, 0.05) is 18.7 Å². The molecule has 1 aromatic carbocycles. The van der Waals surface area contributed by atoms with Crippen LogP contribution in [-0.4, -0.2) is 16.7 Å². The van der Waals surface area contributed by atoms with Crippen molar-refractivity contribution in [1.82, 2.24) is 10.1 Å². The smallest absolute Gasteiger partial charge is 0.228 e. The molecule has 0 spiro atoms. The molecule has 5 nitrogen and oxygen atoms in total. The number of hydrogen-bond acceptors (Lipinski definition) is 5. The maximum atomic E-state index is 13.4. The van der Waals surface area contributed by atoms with E-state index in [0.29, 0.717) is 18.1 Å². The molecule has 0 saturated heterocycles. The highest BCUT2D eigenvalue weighted by Crippen LogP contribution is 2.21. The second-order valence-electron chi connectivity index (χ2n) is 3.77. The fourth-order valence-corrected chi connectivity index (χ4v) is 1.50. The van der Waals surface area contributed by atoms with Crippen molar-refractivity contribution in [1.29, 1.82) is 0 Å². The van der Waals surface area contributed by atoms with E-state index in [1.807, 2.05) is 0 Å². The molecule has 0 aliphatic heterocycles. The van der Waals surface area contributed by atoms with Gasteiger partial charge < -0.3 is 15.6 Å². The minimum Gasteiger partial charge on any atom is -0.399 e. The predicted molar refractivity (Wildman–Crippen MR) is 62.0 cm³/mol. The molecular formula is C11H12F2N4O. The summed E-state index contributed by atoms with van der Waals surface area (Å²) in [7, 11) is 0. The molecule has 2 aromatic rings. The van der Waals surface area contributed by atoms with E-state index in [9.17, 15) is 8.78 Å². The Hall–Kier alpha value is -2.18. The summed E-state index contributed by atoms with van der Waals surface area (Å²) in [6.45, 7) is 1.97. The Morgan fingerprint density at radius 3 is 2.56 bits per heavy atom. The van der Waals surface area contributed by atoms with Gasteiger partial charge in [-0.2, -0.15) is 4.98 Å². The van der Waals surface area contributed by atoms with E-state index in [2.05, 4.69) is 15.5 Å². The first-order valence-corrected chi connectivity index (χ1v) is 5.34. The lowest BCUT2D eigenvalue weighted by Gasteiger charge is -2.08. The van der Waals surface area contributed by atoms with Gasteiger partial charge >= 0.3 is 0 Å². The van der Waals surface area contributed by atoms with E-state index in [4.69, 9.17) is 10.3 Å². The summed E-state index contributed by atoms with van der Waals surface area (Å²) in [5, 5.41) is 6.24. The molecule has 0 aliphatic rings. The molecule has 0 aliphatic carbocycles. The quantitative estimate of drug-likeness (QED) is 0.815. The topological polar surface area (TPSA) is 77.0 Å². The van der Waals surface area contributed by atoms with Crippen LogP contribution in [0, 0.1) is 18.6 Å². The lowest BCUT2D eigenvalue weighted by molar-refractivity contribution is 0.377. The van der Waals surface area contributed by atoms with Crippen molar-refractivity contribution in [2.75, 3.05) is 17.6 Å². The molecule has 0 bridgehead atoms. The molecule has 18 heavy (non-hydrogen) atoms. The largest absolute Gasteiger partial charge is 0.399 e. The van der Waals surface area contributed by atoms with Gasteiger partial charge in [-0.1, -0.05) is 5.16 Å². The SMILES string of the molecule is Cc1noc(CCNc2c(F)cc(N)cc2F)n1. The van der Waals surface area contributed by atoms with Gasteiger partial charge in [0.2, 0.25) is 5.89 Å². The fraction of sp³-hybridized carbons (Fsp3) is 0.273. The average molecular weight is 254 g/mol. The van der Waals surface area contributed by atoms with Gasteiger partial charge in [0.05, 0.1) is 0 Å². The van der Waals surface area contributed by atoms with Crippen LogP contribution in [0.2, 0.25) is 0 Å². The molecule has 1 aromatic heterocycles. The molecule has 7 heteroatoms. The normalized spacial score (nSPS) is 10.6. The molecule has 0 amide bonds. The Labute approximate surface area is 102 Å². The van der Waals surface area contributed by atoms with Gasteiger partial charge in [0.25, 0.3) is 0 Å². The standard InChI is InChI=1S/C11H12F2N4O/c1-6-16-10(18-17-6)2-3-15-11-8(12)4-7(14)5-9(11)13/h4-5,15H,2-3,14H2,1H3. The number of rotatable bonds is 4. The molecule has 0 unspecified atom stereocenters. The summed E-state index contributed by atoms with van der Waals surface area (Å²) >= 11 is 0. The van der Waals surface area contributed by atoms with E-state index < -0.39 is 11.6 Å². The van der Waals surface area contributed by atoms with Crippen LogP contribution in [0.1, 0.15) is 11.7 Å². The van der Waals surface area contributed by atoms with Crippen LogP contribution in [0.25, 0.3) is 0 Å². The zero-order valence-electron chi connectivity index (χ0n) is 9.70. The third-order valence-electron chi connectivity index (χ3n) is 2.27. The minimum absolute atomic E-state index is 0.0445. The van der Waals surface area contributed by atoms with Gasteiger partial charge in [-0.05, 0) is 19.1 Å². The Balaban J connectivity index is 1.98. The summed E-state index contributed by atoms with van der Waals surface area (Å²) in [4.78, 5) is 3.98. The van der Waals surface area contributed by atoms with Crippen LogP contribution in [0.4, 0.5) is 20.2 Å². The first kappa shape index (κ1) is 12.3. The number of nitrogen functional groups attached to an aromatic ring is 1. The van der Waals surface area contributed by atoms with Crippen molar-refractivity contribution < 1.29 is 13.3 Å². The van der Waals surface area contributed by atoms with Crippen molar-refractivity contribution >= 4 is 11.4 Å². The van der Waals surface area contributed by atoms with E-state index >= 15 is 0 Å². The maximum Gasteiger partial charge on any atom is 0.228 e. The monoisotopic (exact) mass is 254 g/mol. The number of nitrogens with one attached hydrogen (secondary N) is 1. The molecule has 2 rings (SSSR count). The summed E-state index contributed by atoms with van der Waals surface area (Å²) in [5.41, 5.74) is 5.15. The summed E-state index contributed by atoms with van der Waals surface area (Å²) in [6, 6.07) is 2.12. The molecule has 96 valence electrons. The van der Waals surface area contributed by atoms with Crippen LogP contribution < -0.4 is 11.1 Å². The number of nitrogens with zero attached hydrogens (tertiary/aromatic N) is 2. The predicted octanol–water partition coefficient (Wildman–Crippen LogP) is 1.89. The van der Waals surface area contributed by atoms with Crippen LogP contribution >= 0.6 is 0 Å². The van der Waals surface area contributed by atoms with E-state index in [1.54, 1.807) is 6.92 Å². The number of anilines is 2. The summed E-state index contributed by atoms with van der Waals surface area (Å²) in [6.07, 6.45) is 0.379. The van der Waals surface area contributed by atoms with Crippen molar-refractivity contribution in [2.24, 2.45) is 0 Å². The first-order valence-electron chi connectivity index (χ1n) is 5.34. The van der Waals surface area contributed by atoms with E-state index in [1.165, 1.54) is 0 Å². The Kier molecular flexibility index (Phi) is 3.40. The maximum absolute atomic E-state index is 13.4. The Bertz CT molecular complexity index is 533. The van der Waals surface area contributed by atoms with Crippen molar-refractivity contribution in [3.05, 3.63) is 35.5 Å². The number of nitrogens with two attached hydrogens (primary N) is 1. The molecule has 3 N–H and O–H groups in total. The number of benzene rings is 1. The van der Waals surface area contributed by atoms with Gasteiger partial charge in [-0.3, -0.25) is 0 Å². The molecule has 0 saturated carbocycles. The molecule has 0 atom stereocenters. The fourth-order valence-electron chi connectivity index (χ4n) is 1.50. The van der Waals surface area contributed by atoms with Crippen LogP contribution in [0.5, 0.6) is 0 Å². The zero-order chi connectivity index (χ0) is 13.1. The van der Waals surface area contributed by atoms with E-state index in [-0.39, 0.29) is 17.9 Å². The van der Waals surface area contributed by atoms with Crippen LogP contribution in [0.3, 0.4) is 0 Å². The molecule has 0 fully saturated rings. The third-order valence-corrected chi connectivity index (χ3v) is 2.27. The average Bonchev–Trinajstić information content (AvgIpc) is 2.68. The number of aromatic nitrogens is 2. The highest BCUT2D eigenvalue weighted by molar-refractivity contribution is 5.54. The second kappa shape index (κ2) is 4.99. The highest BCUT2D eigenvalue weighted by Gasteiger charge is 2.10. The zero-order valence-corrected chi connectivity index (χ0v) is 9.70. The Morgan fingerprint density at radius 1 is 1.33 bits per heavy atom. The van der Waals surface area contributed by atoms with Crippen molar-refractivity contribution in [3.63, 3.8) is 0 Å². The summed E-state index contributed by atoms with van der Waals surface area (Å²) in [5.74, 6) is -0.519.